The molecule has 6 nitrogen and oxygen atoms in total. The van der Waals surface area contributed by atoms with E-state index in [9.17, 15) is 4.79 Å². The Kier molecular flexibility index (Phi) is 4.00. The number of fused-ring (bicyclic) bond motifs is 1. The summed E-state index contributed by atoms with van der Waals surface area (Å²) in [6.45, 7) is 6.09. The molecule has 0 saturated carbocycles. The Morgan fingerprint density at radius 2 is 1.96 bits per heavy atom. The summed E-state index contributed by atoms with van der Waals surface area (Å²) in [5.41, 5.74) is 5.38. The zero-order chi connectivity index (χ0) is 18.4. The number of hydrogen-bond donors (Lipinski definition) is 1. The van der Waals surface area contributed by atoms with E-state index in [1.165, 1.54) is 11.1 Å². The van der Waals surface area contributed by atoms with E-state index in [-0.39, 0.29) is 11.8 Å². The number of nitrogens with one attached hydrogen (secondary N) is 1. The number of aromatic nitrogens is 4. The fourth-order valence-corrected chi connectivity index (χ4v) is 3.64. The van der Waals surface area contributed by atoms with Crippen molar-refractivity contribution in [3.8, 4) is 5.82 Å². The summed E-state index contributed by atoms with van der Waals surface area (Å²) in [5, 5.41) is 15.8. The van der Waals surface area contributed by atoms with Crippen LogP contribution in [0, 0.1) is 20.8 Å². The number of carbonyl (C=O) groups is 1. The molecule has 1 amide bonds. The van der Waals surface area contributed by atoms with Crippen molar-refractivity contribution >= 4 is 23.3 Å². The number of benzene rings is 1. The standard InChI is InChI=1S/C19H18ClN5O/c1-10-4-5-11(2)13(8-10)14-9-17(26)21-19-18(14)12(3)24-25(19)16-7-6-15(20)22-23-16/h4-8,14H,9H2,1-3H3,(H,21,26)/t14-/m0/s1. The van der Waals surface area contributed by atoms with E-state index < -0.39 is 0 Å². The van der Waals surface area contributed by atoms with Crippen LogP contribution in [0.4, 0.5) is 5.82 Å². The summed E-state index contributed by atoms with van der Waals surface area (Å²) in [6.07, 6.45) is 0.399. The lowest BCUT2D eigenvalue weighted by molar-refractivity contribution is -0.116. The van der Waals surface area contributed by atoms with E-state index >= 15 is 0 Å². The largest absolute Gasteiger partial charge is 0.310 e. The maximum Gasteiger partial charge on any atom is 0.226 e. The summed E-state index contributed by atoms with van der Waals surface area (Å²) in [4.78, 5) is 12.4. The van der Waals surface area contributed by atoms with Gasteiger partial charge in [0.15, 0.2) is 11.0 Å². The molecule has 0 aliphatic carbocycles. The molecule has 0 spiro atoms. The highest BCUT2D eigenvalue weighted by molar-refractivity contribution is 6.29. The van der Waals surface area contributed by atoms with Gasteiger partial charge in [-0.3, -0.25) is 4.79 Å². The van der Waals surface area contributed by atoms with Gasteiger partial charge in [0.1, 0.15) is 5.82 Å². The van der Waals surface area contributed by atoms with Gasteiger partial charge in [-0.15, -0.1) is 10.2 Å². The first-order chi connectivity index (χ1) is 12.4. The van der Waals surface area contributed by atoms with Crippen molar-refractivity contribution in [3.05, 3.63) is 63.4 Å². The van der Waals surface area contributed by atoms with Gasteiger partial charge in [0.05, 0.1) is 5.69 Å². The first kappa shape index (κ1) is 16.7. The van der Waals surface area contributed by atoms with E-state index in [1.54, 1.807) is 16.8 Å². The monoisotopic (exact) mass is 367 g/mol. The SMILES string of the molecule is Cc1ccc(C)c([C@@H]2CC(=O)Nc3c2c(C)nn3-c2ccc(Cl)nn2)c1. The number of carbonyl (C=O) groups excluding carboxylic acids is 1. The molecule has 0 fully saturated rings. The first-order valence-corrected chi connectivity index (χ1v) is 8.78. The molecule has 2 aromatic heterocycles. The van der Waals surface area contributed by atoms with Crippen molar-refractivity contribution in [2.75, 3.05) is 5.32 Å². The zero-order valence-electron chi connectivity index (χ0n) is 14.7. The molecule has 3 heterocycles. The third-order valence-corrected chi connectivity index (χ3v) is 4.95. The second-order valence-corrected chi connectivity index (χ2v) is 7.03. The Bertz CT molecular complexity index is 1010. The topological polar surface area (TPSA) is 72.7 Å². The van der Waals surface area contributed by atoms with Gasteiger partial charge < -0.3 is 5.32 Å². The van der Waals surface area contributed by atoms with Crippen LogP contribution in [0.3, 0.4) is 0 Å². The number of rotatable bonds is 2. The fourth-order valence-electron chi connectivity index (χ4n) is 3.54. The lowest BCUT2D eigenvalue weighted by atomic mass is 9.83. The third-order valence-electron chi connectivity index (χ3n) is 4.75. The number of amides is 1. The number of hydrogen-bond acceptors (Lipinski definition) is 4. The van der Waals surface area contributed by atoms with E-state index in [4.69, 9.17) is 11.6 Å². The number of nitrogens with zero attached hydrogens (tertiary/aromatic N) is 4. The Morgan fingerprint density at radius 1 is 1.15 bits per heavy atom. The number of anilines is 1. The summed E-state index contributed by atoms with van der Waals surface area (Å²) >= 11 is 5.83. The Labute approximate surface area is 156 Å². The van der Waals surface area contributed by atoms with Gasteiger partial charge in [-0.2, -0.15) is 9.78 Å². The van der Waals surface area contributed by atoms with Crippen molar-refractivity contribution < 1.29 is 4.79 Å². The molecule has 0 saturated heterocycles. The van der Waals surface area contributed by atoms with Gasteiger partial charge in [0.2, 0.25) is 5.91 Å². The van der Waals surface area contributed by atoms with Gasteiger partial charge in [-0.25, -0.2) is 0 Å². The van der Waals surface area contributed by atoms with Crippen LogP contribution in [0.2, 0.25) is 5.15 Å². The van der Waals surface area contributed by atoms with Crippen LogP contribution in [0.5, 0.6) is 0 Å². The van der Waals surface area contributed by atoms with E-state index in [2.05, 4.69) is 52.7 Å². The van der Waals surface area contributed by atoms with Crippen molar-refractivity contribution in [3.63, 3.8) is 0 Å². The summed E-state index contributed by atoms with van der Waals surface area (Å²) in [5.74, 6) is 1.10. The van der Waals surface area contributed by atoms with E-state index in [0.29, 0.717) is 23.2 Å². The van der Waals surface area contributed by atoms with Crippen LogP contribution in [0.15, 0.2) is 30.3 Å². The maximum atomic E-state index is 12.4. The lowest BCUT2D eigenvalue weighted by Gasteiger charge is -2.25. The molecule has 1 N–H and O–H groups in total. The minimum absolute atomic E-state index is 0.0346. The van der Waals surface area contributed by atoms with Gasteiger partial charge in [0, 0.05) is 17.9 Å². The minimum atomic E-state index is -0.0357. The molecule has 132 valence electrons. The molecule has 0 bridgehead atoms. The fraction of sp³-hybridized carbons (Fsp3) is 0.263. The van der Waals surface area contributed by atoms with E-state index in [0.717, 1.165) is 16.8 Å². The van der Waals surface area contributed by atoms with Crippen LogP contribution >= 0.6 is 11.6 Å². The van der Waals surface area contributed by atoms with Gasteiger partial charge in [-0.05, 0) is 44.0 Å². The summed E-state index contributed by atoms with van der Waals surface area (Å²) < 4.78 is 1.63. The Hall–Kier alpha value is -2.73. The molecule has 26 heavy (non-hydrogen) atoms. The van der Waals surface area contributed by atoms with Crippen molar-refractivity contribution in [2.45, 2.75) is 33.1 Å². The van der Waals surface area contributed by atoms with Crippen LogP contribution in [-0.2, 0) is 4.79 Å². The Morgan fingerprint density at radius 3 is 2.69 bits per heavy atom. The predicted octanol–water partition coefficient (Wildman–Crippen LogP) is 3.72. The summed E-state index contributed by atoms with van der Waals surface area (Å²) in [7, 11) is 0. The second-order valence-electron chi connectivity index (χ2n) is 6.64. The molecule has 7 heteroatoms. The van der Waals surface area contributed by atoms with Crippen molar-refractivity contribution in [1.82, 2.24) is 20.0 Å². The molecular formula is C19H18ClN5O. The zero-order valence-corrected chi connectivity index (χ0v) is 15.5. The molecule has 4 rings (SSSR count). The highest BCUT2D eigenvalue weighted by Gasteiger charge is 2.33. The minimum Gasteiger partial charge on any atom is -0.310 e. The quantitative estimate of drug-likeness (QED) is 0.749. The predicted molar refractivity (Wildman–Crippen MR) is 99.9 cm³/mol. The van der Waals surface area contributed by atoms with Gasteiger partial charge in [-0.1, -0.05) is 35.4 Å². The van der Waals surface area contributed by atoms with Crippen LogP contribution in [0.25, 0.3) is 5.82 Å². The molecule has 0 unspecified atom stereocenters. The number of halogens is 1. The van der Waals surface area contributed by atoms with Crippen LogP contribution in [0.1, 0.15) is 40.3 Å². The molecule has 3 aromatic rings. The second kappa shape index (κ2) is 6.21. The van der Waals surface area contributed by atoms with Gasteiger partial charge in [0.25, 0.3) is 0 Å². The highest BCUT2D eigenvalue weighted by atomic mass is 35.5. The summed E-state index contributed by atoms with van der Waals surface area (Å²) in [6, 6.07) is 9.72. The van der Waals surface area contributed by atoms with Crippen molar-refractivity contribution in [2.24, 2.45) is 0 Å². The molecule has 1 aliphatic rings. The van der Waals surface area contributed by atoms with Gasteiger partial charge >= 0.3 is 0 Å². The molecule has 1 aromatic carbocycles. The highest BCUT2D eigenvalue weighted by Crippen LogP contribution is 2.41. The molecule has 1 atom stereocenters. The van der Waals surface area contributed by atoms with Crippen molar-refractivity contribution in [1.29, 1.82) is 0 Å². The van der Waals surface area contributed by atoms with E-state index in [1.807, 2.05) is 6.92 Å². The first-order valence-electron chi connectivity index (χ1n) is 8.40. The molecular weight excluding hydrogens is 350 g/mol. The Balaban J connectivity index is 1.90. The number of aryl methyl sites for hydroxylation is 3. The lowest BCUT2D eigenvalue weighted by Crippen LogP contribution is -2.25. The maximum absolute atomic E-state index is 12.4. The average molecular weight is 368 g/mol. The van der Waals surface area contributed by atoms with Crippen LogP contribution in [-0.4, -0.2) is 25.9 Å². The molecule has 1 aliphatic heterocycles. The normalized spacial score (nSPS) is 16.3. The molecule has 0 radical (unpaired) electrons. The third kappa shape index (κ3) is 2.76. The average Bonchev–Trinajstić information content (AvgIpc) is 2.94. The smallest absolute Gasteiger partial charge is 0.226 e. The van der Waals surface area contributed by atoms with Crippen LogP contribution < -0.4 is 5.32 Å².